The normalized spacial score (nSPS) is 28.3. The van der Waals surface area contributed by atoms with E-state index < -0.39 is 0 Å². The molecule has 16 heavy (non-hydrogen) atoms. The summed E-state index contributed by atoms with van der Waals surface area (Å²) in [7, 11) is 0. The molecule has 1 spiro atoms. The molecule has 2 fully saturated rings. The summed E-state index contributed by atoms with van der Waals surface area (Å²) in [6.07, 6.45) is 9.78. The van der Waals surface area contributed by atoms with Gasteiger partial charge in [0.2, 0.25) is 0 Å². The molecule has 1 aliphatic heterocycles. The van der Waals surface area contributed by atoms with Gasteiger partial charge in [0, 0.05) is 0 Å². The average molecular weight is 225 g/mol. The minimum absolute atomic E-state index is 0.322. The maximum absolute atomic E-state index is 6.28. The molecule has 1 unspecified atom stereocenters. The number of hydrogen-bond donors (Lipinski definition) is 1. The molecule has 1 aliphatic carbocycles. The van der Waals surface area contributed by atoms with Crippen LogP contribution in [-0.4, -0.2) is 24.8 Å². The fourth-order valence-corrected chi connectivity index (χ4v) is 3.14. The molecule has 2 heteroatoms. The van der Waals surface area contributed by atoms with Crippen molar-refractivity contribution in [3.8, 4) is 0 Å². The third-order valence-corrected chi connectivity index (χ3v) is 4.05. The Morgan fingerprint density at radius 3 is 2.69 bits per heavy atom. The van der Waals surface area contributed by atoms with Crippen LogP contribution < -0.4 is 5.32 Å². The van der Waals surface area contributed by atoms with E-state index in [-0.39, 0.29) is 0 Å². The van der Waals surface area contributed by atoms with Crippen molar-refractivity contribution >= 4 is 0 Å². The fourth-order valence-electron chi connectivity index (χ4n) is 3.14. The lowest BCUT2D eigenvalue weighted by molar-refractivity contribution is -0.0385. The lowest BCUT2D eigenvalue weighted by Gasteiger charge is -2.23. The second kappa shape index (κ2) is 5.50. The van der Waals surface area contributed by atoms with Crippen molar-refractivity contribution in [1.82, 2.24) is 5.32 Å². The summed E-state index contributed by atoms with van der Waals surface area (Å²) < 4.78 is 6.28. The SMILES string of the molecule is CC(C)CNCCC1CCC2(CCCC2)O1. The topological polar surface area (TPSA) is 21.3 Å². The van der Waals surface area contributed by atoms with E-state index in [1.165, 1.54) is 44.9 Å². The molecule has 0 bridgehead atoms. The summed E-state index contributed by atoms with van der Waals surface area (Å²) in [5, 5.41) is 3.51. The number of ether oxygens (including phenoxy) is 1. The molecule has 2 nitrogen and oxygen atoms in total. The number of rotatable bonds is 5. The standard InChI is InChI=1S/C14H27NO/c1-12(2)11-15-10-6-13-5-9-14(16-13)7-3-4-8-14/h12-13,15H,3-11H2,1-2H3. The molecule has 1 N–H and O–H groups in total. The van der Waals surface area contributed by atoms with Gasteiger partial charge in [-0.15, -0.1) is 0 Å². The van der Waals surface area contributed by atoms with Gasteiger partial charge in [0.15, 0.2) is 0 Å². The molecule has 1 heterocycles. The van der Waals surface area contributed by atoms with Gasteiger partial charge in [-0.05, 0) is 51.1 Å². The van der Waals surface area contributed by atoms with E-state index in [1.54, 1.807) is 0 Å². The third-order valence-electron chi connectivity index (χ3n) is 4.05. The summed E-state index contributed by atoms with van der Waals surface area (Å²) in [5.41, 5.74) is 0.322. The molecule has 94 valence electrons. The van der Waals surface area contributed by atoms with E-state index >= 15 is 0 Å². The molecule has 0 radical (unpaired) electrons. The third kappa shape index (κ3) is 3.21. The molecule has 1 saturated carbocycles. The Hall–Kier alpha value is -0.0800. The van der Waals surface area contributed by atoms with E-state index in [4.69, 9.17) is 4.74 Å². The summed E-state index contributed by atoms with van der Waals surface area (Å²) >= 11 is 0. The van der Waals surface area contributed by atoms with Crippen LogP contribution in [-0.2, 0) is 4.74 Å². The van der Waals surface area contributed by atoms with Crippen molar-refractivity contribution in [2.24, 2.45) is 5.92 Å². The van der Waals surface area contributed by atoms with Gasteiger partial charge in [0.25, 0.3) is 0 Å². The highest BCUT2D eigenvalue weighted by atomic mass is 16.5. The van der Waals surface area contributed by atoms with E-state index in [0.29, 0.717) is 11.7 Å². The summed E-state index contributed by atoms with van der Waals surface area (Å²) in [4.78, 5) is 0. The van der Waals surface area contributed by atoms with Gasteiger partial charge in [-0.2, -0.15) is 0 Å². The van der Waals surface area contributed by atoms with Crippen molar-refractivity contribution in [1.29, 1.82) is 0 Å². The monoisotopic (exact) mass is 225 g/mol. The summed E-state index contributed by atoms with van der Waals surface area (Å²) in [6.45, 7) is 6.77. The quantitative estimate of drug-likeness (QED) is 0.726. The van der Waals surface area contributed by atoms with Crippen LogP contribution in [0.1, 0.15) is 58.8 Å². The average Bonchev–Trinajstić information content (AvgIpc) is 2.85. The van der Waals surface area contributed by atoms with Gasteiger partial charge >= 0.3 is 0 Å². The first kappa shape index (κ1) is 12.4. The van der Waals surface area contributed by atoms with Crippen molar-refractivity contribution < 1.29 is 4.74 Å². The van der Waals surface area contributed by atoms with Crippen LogP contribution in [0.5, 0.6) is 0 Å². The van der Waals surface area contributed by atoms with Crippen molar-refractivity contribution in [2.45, 2.75) is 70.5 Å². The molecule has 2 rings (SSSR count). The minimum atomic E-state index is 0.322. The van der Waals surface area contributed by atoms with Crippen molar-refractivity contribution in [3.05, 3.63) is 0 Å². The van der Waals surface area contributed by atoms with Crippen LogP contribution in [0.15, 0.2) is 0 Å². The number of nitrogens with one attached hydrogen (secondary N) is 1. The zero-order valence-electron chi connectivity index (χ0n) is 10.9. The Kier molecular flexibility index (Phi) is 4.26. The van der Waals surface area contributed by atoms with Gasteiger partial charge in [0.05, 0.1) is 11.7 Å². The molecule has 0 amide bonds. The lowest BCUT2D eigenvalue weighted by atomic mass is 9.98. The molecular weight excluding hydrogens is 198 g/mol. The summed E-state index contributed by atoms with van der Waals surface area (Å²) in [5.74, 6) is 0.755. The molecule has 0 aromatic rings. The second-order valence-corrected chi connectivity index (χ2v) is 6.06. The minimum Gasteiger partial charge on any atom is -0.372 e. The van der Waals surface area contributed by atoms with Crippen LogP contribution in [0.2, 0.25) is 0 Å². The zero-order valence-corrected chi connectivity index (χ0v) is 10.9. The van der Waals surface area contributed by atoms with Crippen LogP contribution in [0.25, 0.3) is 0 Å². The van der Waals surface area contributed by atoms with Gasteiger partial charge < -0.3 is 10.1 Å². The molecule has 2 aliphatic rings. The Labute approximate surface area is 100 Å². The Morgan fingerprint density at radius 2 is 2.00 bits per heavy atom. The van der Waals surface area contributed by atoms with E-state index in [9.17, 15) is 0 Å². The maximum Gasteiger partial charge on any atom is 0.0687 e. The maximum atomic E-state index is 6.28. The van der Waals surface area contributed by atoms with Gasteiger partial charge in [-0.1, -0.05) is 26.7 Å². The van der Waals surface area contributed by atoms with E-state index in [0.717, 1.165) is 19.0 Å². The van der Waals surface area contributed by atoms with E-state index in [1.807, 2.05) is 0 Å². The van der Waals surface area contributed by atoms with Crippen molar-refractivity contribution in [3.63, 3.8) is 0 Å². The van der Waals surface area contributed by atoms with Crippen LogP contribution >= 0.6 is 0 Å². The smallest absolute Gasteiger partial charge is 0.0687 e. The fraction of sp³-hybridized carbons (Fsp3) is 1.00. The van der Waals surface area contributed by atoms with E-state index in [2.05, 4.69) is 19.2 Å². The Balaban J connectivity index is 1.61. The van der Waals surface area contributed by atoms with Crippen LogP contribution in [0, 0.1) is 5.92 Å². The summed E-state index contributed by atoms with van der Waals surface area (Å²) in [6, 6.07) is 0. The first-order valence-corrected chi connectivity index (χ1v) is 7.09. The molecule has 1 atom stereocenters. The molecule has 0 aromatic carbocycles. The first-order chi connectivity index (χ1) is 7.70. The predicted molar refractivity (Wildman–Crippen MR) is 67.6 cm³/mol. The Bertz CT molecular complexity index is 209. The van der Waals surface area contributed by atoms with Gasteiger partial charge in [0.1, 0.15) is 0 Å². The number of hydrogen-bond acceptors (Lipinski definition) is 2. The zero-order chi connectivity index (χ0) is 11.4. The highest BCUT2D eigenvalue weighted by molar-refractivity contribution is 4.92. The molecule has 1 saturated heterocycles. The lowest BCUT2D eigenvalue weighted by Crippen LogP contribution is -2.27. The largest absolute Gasteiger partial charge is 0.372 e. The first-order valence-electron chi connectivity index (χ1n) is 7.09. The predicted octanol–water partition coefficient (Wildman–Crippen LogP) is 3.11. The molecular formula is C14H27NO. The highest BCUT2D eigenvalue weighted by Gasteiger charge is 2.41. The van der Waals surface area contributed by atoms with Crippen LogP contribution in [0.3, 0.4) is 0 Å². The van der Waals surface area contributed by atoms with Gasteiger partial charge in [-0.3, -0.25) is 0 Å². The van der Waals surface area contributed by atoms with Crippen LogP contribution in [0.4, 0.5) is 0 Å². The van der Waals surface area contributed by atoms with Gasteiger partial charge in [-0.25, -0.2) is 0 Å². The second-order valence-electron chi connectivity index (χ2n) is 6.06. The molecule has 0 aromatic heterocycles. The Morgan fingerprint density at radius 1 is 1.25 bits per heavy atom. The highest BCUT2D eigenvalue weighted by Crippen LogP contribution is 2.43. The van der Waals surface area contributed by atoms with Crippen molar-refractivity contribution in [2.75, 3.05) is 13.1 Å².